The van der Waals surface area contributed by atoms with Crippen LogP contribution in [-0.2, 0) is 6.61 Å². The molecule has 0 unspecified atom stereocenters. The van der Waals surface area contributed by atoms with Crippen LogP contribution < -0.4 is 14.8 Å². The van der Waals surface area contributed by atoms with Gasteiger partial charge in [0.1, 0.15) is 18.0 Å². The molecule has 2 aromatic carbocycles. The Bertz CT molecular complexity index is 1140. The van der Waals surface area contributed by atoms with Crippen molar-refractivity contribution in [2.24, 2.45) is 0 Å². The summed E-state index contributed by atoms with van der Waals surface area (Å²) < 4.78 is 10.7. The van der Waals surface area contributed by atoms with E-state index in [0.717, 1.165) is 0 Å². The van der Waals surface area contributed by atoms with E-state index in [0.29, 0.717) is 22.6 Å². The molecule has 0 aliphatic carbocycles. The van der Waals surface area contributed by atoms with Crippen molar-refractivity contribution in [2.75, 3.05) is 12.4 Å². The Kier molecular flexibility index (Phi) is 6.51. The molecule has 0 bridgehead atoms. The van der Waals surface area contributed by atoms with Gasteiger partial charge in [0.15, 0.2) is 5.75 Å². The summed E-state index contributed by atoms with van der Waals surface area (Å²) in [5.74, 6) is -0.464. The van der Waals surface area contributed by atoms with Crippen molar-refractivity contribution in [3.63, 3.8) is 0 Å². The van der Waals surface area contributed by atoms with E-state index in [4.69, 9.17) is 21.1 Å². The van der Waals surface area contributed by atoms with Gasteiger partial charge in [0.05, 0.1) is 35.0 Å². The zero-order valence-electron chi connectivity index (χ0n) is 16.5. The van der Waals surface area contributed by atoms with Crippen molar-refractivity contribution in [2.45, 2.75) is 13.5 Å². The van der Waals surface area contributed by atoms with Gasteiger partial charge in [-0.15, -0.1) is 0 Å². The number of nitro groups is 1. The Morgan fingerprint density at radius 3 is 2.61 bits per heavy atom. The maximum Gasteiger partial charge on any atom is 0.335 e. The smallest absolute Gasteiger partial charge is 0.335 e. The number of halogens is 1. The van der Waals surface area contributed by atoms with Crippen LogP contribution in [0, 0.1) is 17.0 Å². The van der Waals surface area contributed by atoms with Crippen LogP contribution in [0.25, 0.3) is 0 Å². The molecule has 10 nitrogen and oxygen atoms in total. The van der Waals surface area contributed by atoms with Gasteiger partial charge in [-0.05, 0) is 24.6 Å². The zero-order valence-corrected chi connectivity index (χ0v) is 17.2. The number of para-hydroxylation sites is 1. The number of anilines is 2. The molecule has 0 amide bonds. The number of nitrogens with zero attached hydrogens (tertiary/aromatic N) is 3. The number of ether oxygens (including phenoxy) is 2. The molecular weight excluding hydrogens is 428 g/mol. The highest BCUT2D eigenvalue weighted by molar-refractivity contribution is 6.33. The number of nitro benzene ring substituents is 1. The average molecular weight is 445 g/mol. The van der Waals surface area contributed by atoms with E-state index in [2.05, 4.69) is 15.3 Å². The molecule has 1 aromatic heterocycles. The fourth-order valence-corrected chi connectivity index (χ4v) is 2.97. The van der Waals surface area contributed by atoms with Crippen molar-refractivity contribution >= 4 is 34.9 Å². The molecule has 0 radical (unpaired) electrons. The fraction of sp³-hybridized carbons (Fsp3) is 0.150. The highest BCUT2D eigenvalue weighted by atomic mass is 35.5. The second-order valence-electron chi connectivity index (χ2n) is 6.34. The summed E-state index contributed by atoms with van der Waals surface area (Å²) in [5, 5.41) is 23.5. The molecule has 1 heterocycles. The third-order valence-electron chi connectivity index (χ3n) is 4.29. The number of nitrogens with one attached hydrogen (secondary N) is 1. The number of carboxylic acids is 1. The molecule has 160 valence electrons. The van der Waals surface area contributed by atoms with Crippen LogP contribution in [0.4, 0.5) is 17.3 Å². The van der Waals surface area contributed by atoms with Gasteiger partial charge in [0, 0.05) is 11.6 Å². The van der Waals surface area contributed by atoms with Gasteiger partial charge in [-0.25, -0.2) is 14.8 Å². The van der Waals surface area contributed by atoms with Gasteiger partial charge < -0.3 is 19.9 Å². The summed E-state index contributed by atoms with van der Waals surface area (Å²) in [6.45, 7) is 1.69. The van der Waals surface area contributed by atoms with Gasteiger partial charge in [0.2, 0.25) is 5.95 Å². The minimum absolute atomic E-state index is 0.00970. The Hall–Kier alpha value is -3.92. The Morgan fingerprint density at radius 2 is 2.00 bits per heavy atom. The monoisotopic (exact) mass is 444 g/mol. The van der Waals surface area contributed by atoms with Crippen LogP contribution in [0.15, 0.2) is 42.7 Å². The molecule has 0 atom stereocenters. The first-order chi connectivity index (χ1) is 14.8. The van der Waals surface area contributed by atoms with Crippen LogP contribution in [0.5, 0.6) is 11.5 Å². The summed E-state index contributed by atoms with van der Waals surface area (Å²) in [6, 6.07) is 7.42. The normalized spacial score (nSPS) is 10.4. The third kappa shape index (κ3) is 4.98. The number of hydrogen-bond donors (Lipinski definition) is 2. The van der Waals surface area contributed by atoms with Crippen LogP contribution in [0.1, 0.15) is 21.5 Å². The lowest BCUT2D eigenvalue weighted by Gasteiger charge is -2.12. The largest absolute Gasteiger partial charge is 0.495 e. The molecule has 0 aliphatic rings. The number of aromatic nitrogens is 2. The Labute approximate surface area is 181 Å². The van der Waals surface area contributed by atoms with Gasteiger partial charge in [-0.2, -0.15) is 0 Å². The predicted octanol–water partition coefficient (Wildman–Crippen LogP) is 4.38. The summed E-state index contributed by atoms with van der Waals surface area (Å²) in [7, 11) is 1.38. The maximum atomic E-state index is 11.3. The number of methoxy groups -OCH3 is 1. The van der Waals surface area contributed by atoms with E-state index < -0.39 is 10.9 Å². The van der Waals surface area contributed by atoms with Gasteiger partial charge in [-0.1, -0.05) is 23.7 Å². The zero-order chi connectivity index (χ0) is 22.5. The van der Waals surface area contributed by atoms with E-state index >= 15 is 0 Å². The molecule has 0 spiro atoms. The maximum absolute atomic E-state index is 11.3. The van der Waals surface area contributed by atoms with E-state index in [9.17, 15) is 20.0 Å². The van der Waals surface area contributed by atoms with Gasteiger partial charge >= 0.3 is 5.97 Å². The molecule has 3 aromatic rings. The highest BCUT2D eigenvalue weighted by Crippen LogP contribution is 2.32. The summed E-state index contributed by atoms with van der Waals surface area (Å²) >= 11 is 6.23. The second kappa shape index (κ2) is 9.26. The van der Waals surface area contributed by atoms with Crippen molar-refractivity contribution < 1.29 is 24.3 Å². The minimum atomic E-state index is -1.12. The fourth-order valence-electron chi connectivity index (χ4n) is 2.73. The van der Waals surface area contributed by atoms with E-state index in [-0.39, 0.29) is 34.6 Å². The summed E-state index contributed by atoms with van der Waals surface area (Å²) in [6.07, 6.45) is 2.76. The number of hydrogen-bond acceptors (Lipinski definition) is 8. The Morgan fingerprint density at radius 1 is 1.29 bits per heavy atom. The lowest BCUT2D eigenvalue weighted by molar-refractivity contribution is -0.384. The number of benzene rings is 2. The van der Waals surface area contributed by atoms with Gasteiger partial charge in [-0.3, -0.25) is 10.1 Å². The van der Waals surface area contributed by atoms with Crippen molar-refractivity contribution in [3.8, 4) is 11.5 Å². The predicted molar refractivity (Wildman–Crippen MR) is 112 cm³/mol. The van der Waals surface area contributed by atoms with Crippen molar-refractivity contribution in [1.29, 1.82) is 0 Å². The Balaban J connectivity index is 1.75. The number of carboxylic acid groups (broad SMARTS) is 1. The van der Waals surface area contributed by atoms with E-state index in [1.54, 1.807) is 19.1 Å². The molecule has 31 heavy (non-hydrogen) atoms. The first kappa shape index (κ1) is 21.8. The lowest BCUT2D eigenvalue weighted by atomic mass is 10.1. The first-order valence-electron chi connectivity index (χ1n) is 8.85. The number of aryl methyl sites for hydroxylation is 1. The standard InChI is InChI=1S/C20H17ClN4O6/c1-11-4-3-5-15(25(28)29)18(11)24-20-22-8-14(9-23-20)31-10-13-6-12(19(26)27)7-16(30-2)17(13)21/h3-9H,10H2,1-2H3,(H,26,27)(H,22,23,24). The van der Waals surface area contributed by atoms with Crippen LogP contribution in [-0.4, -0.2) is 33.1 Å². The molecule has 2 N–H and O–H groups in total. The first-order valence-corrected chi connectivity index (χ1v) is 9.23. The topological polar surface area (TPSA) is 137 Å². The molecule has 11 heteroatoms. The van der Waals surface area contributed by atoms with E-state index in [1.165, 1.54) is 37.7 Å². The number of carbonyl (C=O) groups is 1. The number of aromatic carboxylic acids is 1. The third-order valence-corrected chi connectivity index (χ3v) is 4.72. The van der Waals surface area contributed by atoms with E-state index in [1.807, 2.05) is 0 Å². The molecule has 0 fully saturated rings. The quantitative estimate of drug-likeness (QED) is 0.383. The van der Waals surface area contributed by atoms with Crippen molar-refractivity contribution in [3.05, 3.63) is 74.6 Å². The van der Waals surface area contributed by atoms with Crippen LogP contribution in [0.2, 0.25) is 5.02 Å². The molecule has 0 saturated heterocycles. The lowest BCUT2D eigenvalue weighted by Crippen LogP contribution is -2.05. The molecule has 0 saturated carbocycles. The SMILES string of the molecule is COc1cc(C(=O)O)cc(COc2cnc(Nc3c(C)cccc3[N+](=O)[O-])nc2)c1Cl. The minimum Gasteiger partial charge on any atom is -0.495 e. The van der Waals surface area contributed by atoms with Crippen LogP contribution in [0.3, 0.4) is 0 Å². The molecule has 0 aliphatic heterocycles. The second-order valence-corrected chi connectivity index (χ2v) is 6.72. The highest BCUT2D eigenvalue weighted by Gasteiger charge is 2.17. The van der Waals surface area contributed by atoms with Crippen molar-refractivity contribution in [1.82, 2.24) is 9.97 Å². The summed E-state index contributed by atoms with van der Waals surface area (Å²) in [5.41, 5.74) is 1.29. The molecular formula is C20H17ClN4O6. The summed E-state index contributed by atoms with van der Waals surface area (Å²) in [4.78, 5) is 30.2. The molecule has 3 rings (SSSR count). The average Bonchev–Trinajstić information content (AvgIpc) is 2.75. The van der Waals surface area contributed by atoms with Gasteiger partial charge in [0.25, 0.3) is 5.69 Å². The number of rotatable bonds is 8. The van der Waals surface area contributed by atoms with Crippen LogP contribution >= 0.6 is 11.6 Å².